The van der Waals surface area contributed by atoms with E-state index in [1.165, 1.54) is 103 Å². The third-order valence-corrected chi connectivity index (χ3v) is 9.62. The molecule has 3 unspecified atom stereocenters. The maximum atomic E-state index is 12.0. The van der Waals surface area contributed by atoms with Crippen LogP contribution >= 0.6 is 0 Å². The second kappa shape index (κ2) is 37.8. The van der Waals surface area contributed by atoms with E-state index >= 15 is 0 Å². The van der Waals surface area contributed by atoms with Crippen molar-refractivity contribution >= 4 is 11.9 Å². The largest absolute Gasteiger partial charge is 0.463 e. The van der Waals surface area contributed by atoms with Crippen LogP contribution in [0.3, 0.4) is 0 Å². The molecule has 0 heterocycles. The van der Waals surface area contributed by atoms with Crippen LogP contribution in [0.15, 0.2) is 36.5 Å². The number of aliphatic hydroxyl groups excluding tert-OH is 3. The molecule has 0 rings (SSSR count). The van der Waals surface area contributed by atoms with Crippen LogP contribution < -0.4 is 0 Å². The molecule has 0 saturated carbocycles. The Kier molecular flexibility index (Phi) is 36.3. The molecule has 298 valence electrons. The van der Waals surface area contributed by atoms with Gasteiger partial charge in [0.15, 0.2) is 0 Å². The van der Waals surface area contributed by atoms with Crippen LogP contribution in [0.4, 0.5) is 0 Å². The van der Waals surface area contributed by atoms with Crippen molar-refractivity contribution in [1.82, 2.24) is 0 Å². The molecule has 7 nitrogen and oxygen atoms in total. The average Bonchev–Trinajstić information content (AvgIpc) is 3.12. The van der Waals surface area contributed by atoms with E-state index in [1.807, 2.05) is 12.2 Å². The van der Waals surface area contributed by atoms with E-state index in [-0.39, 0.29) is 32.0 Å². The molecule has 0 aliphatic heterocycles. The van der Waals surface area contributed by atoms with Crippen molar-refractivity contribution in [2.24, 2.45) is 5.92 Å². The second-order valence-corrected chi connectivity index (χ2v) is 14.7. The fourth-order valence-corrected chi connectivity index (χ4v) is 5.87. The number of ether oxygens (including phenoxy) is 2. The van der Waals surface area contributed by atoms with Gasteiger partial charge in [0.25, 0.3) is 0 Å². The summed E-state index contributed by atoms with van der Waals surface area (Å²) in [6.07, 6.45) is 38.0. The highest BCUT2D eigenvalue weighted by atomic mass is 16.6. The predicted molar refractivity (Wildman–Crippen MR) is 213 cm³/mol. The molecular weight excluding hydrogens is 640 g/mol. The van der Waals surface area contributed by atoms with Gasteiger partial charge in [0.2, 0.25) is 0 Å². The Labute approximate surface area is 313 Å². The average molecular weight is 721 g/mol. The van der Waals surface area contributed by atoms with Crippen molar-refractivity contribution in [1.29, 1.82) is 0 Å². The minimum absolute atomic E-state index is 0.0722. The fourth-order valence-electron chi connectivity index (χ4n) is 5.87. The highest BCUT2D eigenvalue weighted by molar-refractivity contribution is 5.69. The summed E-state index contributed by atoms with van der Waals surface area (Å²) in [5.41, 5.74) is 0. The maximum Gasteiger partial charge on any atom is 0.305 e. The van der Waals surface area contributed by atoms with Gasteiger partial charge < -0.3 is 24.8 Å². The molecule has 0 bridgehead atoms. The summed E-state index contributed by atoms with van der Waals surface area (Å²) in [7, 11) is 0. The van der Waals surface area contributed by atoms with E-state index in [9.17, 15) is 24.9 Å². The molecule has 0 aliphatic rings. The lowest BCUT2D eigenvalue weighted by Gasteiger charge is -2.16. The highest BCUT2D eigenvalue weighted by Crippen LogP contribution is 2.16. The lowest BCUT2D eigenvalue weighted by atomic mass is 9.99. The van der Waals surface area contributed by atoms with Gasteiger partial charge in [-0.1, -0.05) is 166 Å². The van der Waals surface area contributed by atoms with Gasteiger partial charge in [-0.3, -0.25) is 9.59 Å². The molecule has 0 saturated heterocycles. The molecule has 51 heavy (non-hydrogen) atoms. The summed E-state index contributed by atoms with van der Waals surface area (Å²) >= 11 is 0. The quantitative estimate of drug-likeness (QED) is 0.0332. The van der Waals surface area contributed by atoms with Crippen LogP contribution in [0.5, 0.6) is 0 Å². The Morgan fingerprint density at radius 1 is 0.529 bits per heavy atom. The Morgan fingerprint density at radius 3 is 1.53 bits per heavy atom. The van der Waals surface area contributed by atoms with Crippen molar-refractivity contribution in [3.63, 3.8) is 0 Å². The van der Waals surface area contributed by atoms with Crippen molar-refractivity contribution in [3.05, 3.63) is 36.5 Å². The van der Waals surface area contributed by atoms with E-state index < -0.39 is 24.3 Å². The number of allylic oxidation sites excluding steroid dienone is 5. The van der Waals surface area contributed by atoms with Gasteiger partial charge in [-0.05, 0) is 57.3 Å². The zero-order chi connectivity index (χ0) is 37.6. The Balaban J connectivity index is 3.64. The van der Waals surface area contributed by atoms with Crippen molar-refractivity contribution in [3.8, 4) is 0 Å². The van der Waals surface area contributed by atoms with Gasteiger partial charge in [0.1, 0.15) is 19.3 Å². The lowest BCUT2D eigenvalue weighted by molar-refractivity contribution is -0.152. The molecule has 7 heteroatoms. The molecule has 3 N–H and O–H groups in total. The number of carbonyl (C=O) groups is 2. The van der Waals surface area contributed by atoms with Crippen LogP contribution in [0, 0.1) is 5.92 Å². The van der Waals surface area contributed by atoms with Crippen LogP contribution in [-0.4, -0.2) is 58.8 Å². The topological polar surface area (TPSA) is 113 Å². The van der Waals surface area contributed by atoms with E-state index in [0.717, 1.165) is 44.4 Å². The van der Waals surface area contributed by atoms with Gasteiger partial charge in [-0.25, -0.2) is 0 Å². The number of hydrogen-bond acceptors (Lipinski definition) is 7. The van der Waals surface area contributed by atoms with Crippen LogP contribution in [0.25, 0.3) is 0 Å². The smallest absolute Gasteiger partial charge is 0.305 e. The summed E-state index contributed by atoms with van der Waals surface area (Å²) in [5, 5.41) is 30.4. The molecule has 4 atom stereocenters. The van der Waals surface area contributed by atoms with Gasteiger partial charge in [-0.2, -0.15) is 0 Å². The highest BCUT2D eigenvalue weighted by Gasteiger charge is 2.16. The molecular formula is C44H80O7. The number of esters is 2. The monoisotopic (exact) mass is 721 g/mol. The molecule has 0 aliphatic carbocycles. The summed E-state index contributed by atoms with van der Waals surface area (Å²) in [6.45, 7) is 6.41. The van der Waals surface area contributed by atoms with E-state index in [0.29, 0.717) is 19.3 Å². The summed E-state index contributed by atoms with van der Waals surface area (Å²) in [5.74, 6) is 0.0552. The Bertz CT molecular complexity index is 868. The molecule has 0 aromatic rings. The van der Waals surface area contributed by atoms with Gasteiger partial charge in [-0.15, -0.1) is 0 Å². The first-order chi connectivity index (χ1) is 24.8. The fraction of sp³-hybridized carbons (Fsp3) is 0.818. The van der Waals surface area contributed by atoms with Crippen molar-refractivity contribution < 1.29 is 34.4 Å². The summed E-state index contributed by atoms with van der Waals surface area (Å²) in [4.78, 5) is 24.0. The van der Waals surface area contributed by atoms with Crippen molar-refractivity contribution in [2.75, 3.05) is 13.2 Å². The van der Waals surface area contributed by atoms with E-state index in [1.54, 1.807) is 0 Å². The number of carbonyl (C=O) groups excluding carboxylic acids is 2. The number of aliphatic hydroxyl groups is 3. The standard InChI is InChI=1S/C44H80O7/c1-4-6-7-8-9-10-11-17-20-23-26-29-33-41(46)42(47)34-31-36-44(49)51-38-40(45)37-50-43(48)35-30-27-24-21-18-15-13-12-14-16-19-22-25-28-32-39(3)5-2/h9-10,17,20,26,29,39-42,45-47H,4-8,11-16,18-19,21-25,27-28,30-38H2,1-3H3/b10-9-,20-17-,29-26-/t39?,40-,41?,42?/m1/s1. The number of hydrogen-bond donors (Lipinski definition) is 3. The Hall–Kier alpha value is -1.96. The summed E-state index contributed by atoms with van der Waals surface area (Å²) in [6, 6.07) is 0. The van der Waals surface area contributed by atoms with Gasteiger partial charge in [0.05, 0.1) is 12.2 Å². The number of rotatable bonds is 37. The van der Waals surface area contributed by atoms with E-state index in [4.69, 9.17) is 9.47 Å². The van der Waals surface area contributed by atoms with Gasteiger partial charge in [0, 0.05) is 12.8 Å². The molecule has 0 radical (unpaired) electrons. The van der Waals surface area contributed by atoms with Crippen LogP contribution in [0.1, 0.15) is 194 Å². The maximum absolute atomic E-state index is 12.0. The Morgan fingerprint density at radius 2 is 1.00 bits per heavy atom. The van der Waals surface area contributed by atoms with Crippen LogP contribution in [-0.2, 0) is 19.1 Å². The molecule has 0 aromatic heterocycles. The zero-order valence-electron chi connectivity index (χ0n) is 33.3. The summed E-state index contributed by atoms with van der Waals surface area (Å²) < 4.78 is 10.2. The minimum atomic E-state index is -1.07. The second-order valence-electron chi connectivity index (χ2n) is 14.7. The minimum Gasteiger partial charge on any atom is -0.463 e. The normalized spacial score (nSPS) is 14.4. The first-order valence-electron chi connectivity index (χ1n) is 21.1. The van der Waals surface area contributed by atoms with Gasteiger partial charge >= 0.3 is 11.9 Å². The molecule has 0 amide bonds. The SMILES string of the molecule is CCCCC/C=C\C/C=C\C/C=C\CC(O)C(O)CCCC(=O)OC[C@H](O)COC(=O)CCCCCCCCCCCCCCCCC(C)CC. The van der Waals surface area contributed by atoms with Crippen LogP contribution in [0.2, 0.25) is 0 Å². The third kappa shape index (κ3) is 36.2. The number of unbranched alkanes of at least 4 members (excludes halogenated alkanes) is 16. The first kappa shape index (κ1) is 49.0. The van der Waals surface area contributed by atoms with Crippen molar-refractivity contribution in [2.45, 2.75) is 212 Å². The van der Waals surface area contributed by atoms with E-state index in [2.05, 4.69) is 45.1 Å². The lowest BCUT2D eigenvalue weighted by Crippen LogP contribution is -2.26. The predicted octanol–water partition coefficient (Wildman–Crippen LogP) is 11.0. The first-order valence-corrected chi connectivity index (χ1v) is 21.1. The third-order valence-electron chi connectivity index (χ3n) is 9.62. The zero-order valence-corrected chi connectivity index (χ0v) is 33.3. The molecule has 0 aromatic carbocycles. The molecule has 0 fully saturated rings. The molecule has 0 spiro atoms.